The number of benzene rings is 1. The number of hydrogen-bond donors (Lipinski definition) is 2. The second-order valence-corrected chi connectivity index (χ2v) is 7.51. The zero-order valence-electron chi connectivity index (χ0n) is 11.3. The van der Waals surface area contributed by atoms with Crippen LogP contribution in [0.5, 0.6) is 5.75 Å². The number of aliphatic carboxylic acids is 1. The van der Waals surface area contributed by atoms with Crippen LogP contribution in [-0.2, 0) is 14.8 Å². The summed E-state index contributed by atoms with van der Waals surface area (Å²) in [4.78, 5) is 10.6. The third-order valence-electron chi connectivity index (χ3n) is 2.97. The van der Waals surface area contributed by atoms with E-state index in [1.54, 1.807) is 11.8 Å². The number of thioether (sulfide) groups is 1. The van der Waals surface area contributed by atoms with E-state index in [1.807, 2.05) is 0 Å². The predicted molar refractivity (Wildman–Crippen MR) is 80.2 cm³/mol. The maximum Gasteiger partial charge on any atom is 0.306 e. The van der Waals surface area contributed by atoms with Gasteiger partial charge in [0.1, 0.15) is 5.75 Å². The van der Waals surface area contributed by atoms with Gasteiger partial charge in [0.25, 0.3) is 0 Å². The van der Waals surface area contributed by atoms with Crippen LogP contribution in [0.2, 0.25) is 0 Å². The fourth-order valence-corrected chi connectivity index (χ4v) is 4.41. The van der Waals surface area contributed by atoms with Crippen molar-refractivity contribution < 1.29 is 23.1 Å². The van der Waals surface area contributed by atoms with E-state index in [-0.39, 0.29) is 24.0 Å². The monoisotopic (exact) mass is 331 g/mol. The number of carbonyl (C=O) groups is 1. The standard InChI is InChI=1S/C13H17NO5S2/c15-13(16)5-7-19-11-1-3-12(4-2-11)21(17,18)14-10-6-8-20-9-10/h1-4,10,14H,5-9H2,(H,15,16). The number of sulfonamides is 1. The highest BCUT2D eigenvalue weighted by atomic mass is 32.2. The molecular weight excluding hydrogens is 314 g/mol. The average molecular weight is 331 g/mol. The van der Waals surface area contributed by atoms with Crippen molar-refractivity contribution in [3.8, 4) is 5.75 Å². The minimum absolute atomic E-state index is 0.00788. The minimum Gasteiger partial charge on any atom is -0.493 e. The van der Waals surface area contributed by atoms with Gasteiger partial charge in [0.05, 0.1) is 17.9 Å². The number of rotatable bonds is 7. The molecule has 1 aromatic carbocycles. The van der Waals surface area contributed by atoms with E-state index in [4.69, 9.17) is 9.84 Å². The summed E-state index contributed by atoms with van der Waals surface area (Å²) in [5, 5.41) is 8.51. The molecule has 1 heterocycles. The van der Waals surface area contributed by atoms with E-state index in [9.17, 15) is 13.2 Å². The lowest BCUT2D eigenvalue weighted by Gasteiger charge is -2.12. The molecule has 0 aliphatic carbocycles. The Morgan fingerprint density at radius 2 is 2.10 bits per heavy atom. The molecule has 1 atom stereocenters. The lowest BCUT2D eigenvalue weighted by molar-refractivity contribution is -0.137. The Kier molecular flexibility index (Phi) is 5.49. The minimum atomic E-state index is -3.51. The zero-order chi connectivity index (χ0) is 15.3. The van der Waals surface area contributed by atoms with Crippen molar-refractivity contribution in [1.82, 2.24) is 4.72 Å². The van der Waals surface area contributed by atoms with Gasteiger partial charge in [0.15, 0.2) is 0 Å². The Hall–Kier alpha value is -1.25. The van der Waals surface area contributed by atoms with Gasteiger partial charge in [-0.2, -0.15) is 11.8 Å². The summed E-state index contributed by atoms with van der Waals surface area (Å²) < 4.78 is 32.2. The molecule has 1 aliphatic heterocycles. The molecule has 6 nitrogen and oxygen atoms in total. The van der Waals surface area contributed by atoms with Gasteiger partial charge in [-0.05, 0) is 36.4 Å². The van der Waals surface area contributed by atoms with Crippen molar-refractivity contribution in [3.63, 3.8) is 0 Å². The van der Waals surface area contributed by atoms with Crippen molar-refractivity contribution >= 4 is 27.8 Å². The van der Waals surface area contributed by atoms with E-state index in [2.05, 4.69) is 4.72 Å². The van der Waals surface area contributed by atoms with Gasteiger partial charge < -0.3 is 9.84 Å². The first-order valence-corrected chi connectivity index (χ1v) is 9.16. The first-order valence-electron chi connectivity index (χ1n) is 6.52. The van der Waals surface area contributed by atoms with Crippen molar-refractivity contribution in [2.45, 2.75) is 23.8 Å². The molecule has 8 heteroatoms. The second-order valence-electron chi connectivity index (χ2n) is 4.65. The van der Waals surface area contributed by atoms with Gasteiger partial charge in [-0.3, -0.25) is 4.79 Å². The van der Waals surface area contributed by atoms with E-state index in [0.29, 0.717) is 5.75 Å². The Morgan fingerprint density at radius 1 is 1.38 bits per heavy atom. The number of carboxylic acids is 1. The van der Waals surface area contributed by atoms with Crippen LogP contribution in [0, 0.1) is 0 Å². The van der Waals surface area contributed by atoms with Crippen LogP contribution in [-0.4, -0.2) is 43.6 Å². The second kappa shape index (κ2) is 7.15. The molecule has 21 heavy (non-hydrogen) atoms. The first kappa shape index (κ1) is 16.1. The summed E-state index contributed by atoms with van der Waals surface area (Å²) in [6.45, 7) is 0.0545. The maximum absolute atomic E-state index is 12.2. The summed E-state index contributed by atoms with van der Waals surface area (Å²) in [6, 6.07) is 5.97. The van der Waals surface area contributed by atoms with Gasteiger partial charge in [-0.1, -0.05) is 0 Å². The predicted octanol–water partition coefficient (Wildman–Crippen LogP) is 1.32. The topological polar surface area (TPSA) is 92.7 Å². The van der Waals surface area contributed by atoms with Crippen molar-refractivity contribution in [3.05, 3.63) is 24.3 Å². The summed E-state index contributed by atoms with van der Waals surface area (Å²) in [7, 11) is -3.51. The largest absolute Gasteiger partial charge is 0.493 e. The van der Waals surface area contributed by atoms with Crippen LogP contribution < -0.4 is 9.46 Å². The zero-order valence-corrected chi connectivity index (χ0v) is 13.0. The molecule has 0 saturated carbocycles. The summed E-state index contributed by atoms with van der Waals surface area (Å²) in [6.07, 6.45) is 0.751. The van der Waals surface area contributed by atoms with Crippen LogP contribution >= 0.6 is 11.8 Å². The van der Waals surface area contributed by atoms with E-state index < -0.39 is 16.0 Å². The Morgan fingerprint density at radius 3 is 2.67 bits per heavy atom. The summed E-state index contributed by atoms with van der Waals surface area (Å²) in [5.41, 5.74) is 0. The van der Waals surface area contributed by atoms with Gasteiger partial charge >= 0.3 is 5.97 Å². The summed E-state index contributed by atoms with van der Waals surface area (Å²) in [5.74, 6) is 1.29. The van der Waals surface area contributed by atoms with Crippen molar-refractivity contribution in [1.29, 1.82) is 0 Å². The molecule has 0 bridgehead atoms. The third-order valence-corrected chi connectivity index (χ3v) is 5.67. The fraction of sp³-hybridized carbons (Fsp3) is 0.462. The molecule has 2 rings (SSSR count). The molecule has 1 saturated heterocycles. The highest BCUT2D eigenvalue weighted by molar-refractivity contribution is 7.99. The SMILES string of the molecule is O=C(O)CCOc1ccc(S(=O)(=O)NC2CCSC2)cc1. The fourth-order valence-electron chi connectivity index (χ4n) is 1.89. The van der Waals surface area contributed by atoms with Crippen molar-refractivity contribution in [2.24, 2.45) is 0 Å². The Balaban J connectivity index is 1.95. The molecule has 0 amide bonds. The highest BCUT2D eigenvalue weighted by Crippen LogP contribution is 2.21. The number of nitrogens with one attached hydrogen (secondary N) is 1. The smallest absolute Gasteiger partial charge is 0.306 e. The molecule has 1 aliphatic rings. The van der Waals surface area contributed by atoms with Gasteiger partial charge in [0, 0.05) is 11.8 Å². The lowest BCUT2D eigenvalue weighted by Crippen LogP contribution is -2.34. The van der Waals surface area contributed by atoms with Gasteiger partial charge in [0.2, 0.25) is 10.0 Å². The molecule has 2 N–H and O–H groups in total. The average Bonchev–Trinajstić information content (AvgIpc) is 2.91. The lowest BCUT2D eigenvalue weighted by atomic mass is 10.3. The molecule has 0 radical (unpaired) electrons. The number of ether oxygens (including phenoxy) is 1. The normalized spacial score (nSPS) is 18.6. The first-order chi connectivity index (χ1) is 9.97. The van der Waals surface area contributed by atoms with Crippen LogP contribution in [0.3, 0.4) is 0 Å². The molecule has 116 valence electrons. The quantitative estimate of drug-likeness (QED) is 0.783. The maximum atomic E-state index is 12.2. The van der Waals surface area contributed by atoms with Crippen LogP contribution in [0.15, 0.2) is 29.2 Å². The Bertz CT molecular complexity index is 579. The van der Waals surface area contributed by atoms with Crippen LogP contribution in [0.1, 0.15) is 12.8 Å². The molecule has 0 spiro atoms. The highest BCUT2D eigenvalue weighted by Gasteiger charge is 2.23. The number of hydrogen-bond acceptors (Lipinski definition) is 5. The molecule has 1 fully saturated rings. The van der Waals surface area contributed by atoms with E-state index in [1.165, 1.54) is 24.3 Å². The van der Waals surface area contributed by atoms with Gasteiger partial charge in [-0.25, -0.2) is 13.1 Å². The van der Waals surface area contributed by atoms with Crippen LogP contribution in [0.25, 0.3) is 0 Å². The van der Waals surface area contributed by atoms with Crippen LogP contribution in [0.4, 0.5) is 0 Å². The molecular formula is C13H17NO5S2. The Labute approximate surface area is 127 Å². The molecule has 1 unspecified atom stereocenters. The van der Waals surface area contributed by atoms with E-state index in [0.717, 1.165) is 17.9 Å². The van der Waals surface area contributed by atoms with E-state index >= 15 is 0 Å². The molecule has 0 aromatic heterocycles. The number of carboxylic acid groups (broad SMARTS) is 1. The van der Waals surface area contributed by atoms with Gasteiger partial charge in [-0.15, -0.1) is 0 Å². The summed E-state index contributed by atoms with van der Waals surface area (Å²) >= 11 is 1.74. The molecule has 1 aromatic rings. The third kappa shape index (κ3) is 4.90. The van der Waals surface area contributed by atoms with Crippen molar-refractivity contribution in [2.75, 3.05) is 18.1 Å².